The lowest BCUT2D eigenvalue weighted by Crippen LogP contribution is -2.52. The van der Waals surface area contributed by atoms with Gasteiger partial charge in [-0.1, -0.05) is 0 Å². The van der Waals surface area contributed by atoms with Gasteiger partial charge < -0.3 is 9.80 Å². The van der Waals surface area contributed by atoms with Crippen molar-refractivity contribution in [2.24, 2.45) is 0 Å². The number of rotatable bonds is 6. The Labute approximate surface area is 204 Å². The summed E-state index contributed by atoms with van der Waals surface area (Å²) >= 11 is 1.20. The zero-order chi connectivity index (χ0) is 23.7. The van der Waals surface area contributed by atoms with Crippen LogP contribution < -0.4 is 14.5 Å². The van der Waals surface area contributed by atoms with Gasteiger partial charge in [0.05, 0.1) is 10.9 Å². The third-order valence-corrected chi connectivity index (χ3v) is 8.41. The van der Waals surface area contributed by atoms with Gasteiger partial charge in [-0.05, 0) is 55.0 Å². The van der Waals surface area contributed by atoms with Crippen LogP contribution in [0.4, 0.5) is 20.9 Å². The van der Waals surface area contributed by atoms with Gasteiger partial charge in [-0.15, -0.1) is 11.3 Å². The molecule has 5 rings (SSSR count). The number of piperazine rings is 1. The largest absolute Gasteiger partial charge is 0.369 e. The molecule has 3 aromatic rings. The van der Waals surface area contributed by atoms with Crippen LogP contribution in [-0.2, 0) is 14.8 Å². The van der Waals surface area contributed by atoms with Gasteiger partial charge in [-0.25, -0.2) is 17.8 Å². The lowest BCUT2D eigenvalue weighted by atomic mass is 10.1. The molecule has 0 aliphatic carbocycles. The number of hydrogen-bond acceptors (Lipinski definition) is 7. The van der Waals surface area contributed by atoms with Gasteiger partial charge in [0.2, 0.25) is 5.91 Å². The second-order valence-corrected chi connectivity index (χ2v) is 10.8. The first kappa shape index (κ1) is 22.8. The van der Waals surface area contributed by atoms with Gasteiger partial charge in [0.1, 0.15) is 5.82 Å². The average Bonchev–Trinajstić information content (AvgIpc) is 3.49. The molecule has 1 N–H and O–H groups in total. The smallest absolute Gasteiger partial charge is 0.263 e. The van der Waals surface area contributed by atoms with Crippen LogP contribution in [0.5, 0.6) is 0 Å². The second-order valence-electron chi connectivity index (χ2n) is 8.23. The predicted octanol–water partition coefficient (Wildman–Crippen LogP) is 3.50. The van der Waals surface area contributed by atoms with E-state index in [1.807, 2.05) is 0 Å². The number of sulfonamides is 1. The third-order valence-electron chi connectivity index (χ3n) is 6.24. The molecule has 2 saturated heterocycles. The zero-order valence-electron chi connectivity index (χ0n) is 18.3. The number of nitrogens with zero attached hydrogens (tertiary/aromatic N) is 4. The Kier molecular flexibility index (Phi) is 6.24. The van der Waals surface area contributed by atoms with Gasteiger partial charge in [0.15, 0.2) is 5.13 Å². The Hall–Kier alpha value is -3.02. The van der Waals surface area contributed by atoms with Crippen molar-refractivity contribution in [3.63, 3.8) is 0 Å². The molecule has 0 bridgehead atoms. The first-order valence-corrected chi connectivity index (χ1v) is 13.4. The summed E-state index contributed by atoms with van der Waals surface area (Å²) in [7, 11) is -3.73. The summed E-state index contributed by atoms with van der Waals surface area (Å²) in [6.45, 7) is 3.63. The van der Waals surface area contributed by atoms with E-state index in [4.69, 9.17) is 0 Å². The topological polar surface area (TPSA) is 85.9 Å². The number of thiazole rings is 1. The molecule has 1 aromatic heterocycles. The fourth-order valence-corrected chi connectivity index (χ4v) is 6.25. The molecule has 2 aliphatic heterocycles. The Morgan fingerprint density at radius 1 is 0.971 bits per heavy atom. The van der Waals surface area contributed by atoms with Gasteiger partial charge in [-0.3, -0.25) is 14.4 Å². The van der Waals surface area contributed by atoms with E-state index in [2.05, 4.69) is 19.5 Å². The highest BCUT2D eigenvalue weighted by Gasteiger charge is 2.37. The second kappa shape index (κ2) is 9.32. The molecular formula is C23H28FN5O3S2. The number of amides is 1. The van der Waals surface area contributed by atoms with Gasteiger partial charge in [0, 0.05) is 58.5 Å². The van der Waals surface area contributed by atoms with E-state index in [1.165, 1.54) is 41.8 Å². The minimum atomic E-state index is -3.73. The number of aromatic nitrogens is 1. The minimum absolute atomic E-state index is 0. The maximum atomic E-state index is 13.2. The van der Waals surface area contributed by atoms with E-state index in [-0.39, 0.29) is 25.5 Å². The lowest BCUT2D eigenvalue weighted by molar-refractivity contribution is -0.121. The summed E-state index contributed by atoms with van der Waals surface area (Å²) in [6, 6.07) is 12.7. The van der Waals surface area contributed by atoms with E-state index >= 15 is 0 Å². The Balaban J connectivity index is 0.00000180. The number of benzene rings is 2. The summed E-state index contributed by atoms with van der Waals surface area (Å²) in [5, 5.41) is 2.00. The van der Waals surface area contributed by atoms with Crippen LogP contribution in [-0.4, -0.2) is 63.0 Å². The maximum Gasteiger partial charge on any atom is 0.263 e. The number of hydrogen-bond donors (Lipinski definition) is 1. The van der Waals surface area contributed by atoms with E-state index in [1.54, 1.807) is 34.5 Å². The van der Waals surface area contributed by atoms with Crippen molar-refractivity contribution in [2.75, 3.05) is 47.2 Å². The molecular weight excluding hydrogens is 477 g/mol. The molecule has 182 valence electrons. The van der Waals surface area contributed by atoms with Crippen LogP contribution >= 0.6 is 11.3 Å². The highest BCUT2D eigenvalue weighted by molar-refractivity contribution is 7.93. The van der Waals surface area contributed by atoms with Gasteiger partial charge in [-0.2, -0.15) is 0 Å². The summed E-state index contributed by atoms with van der Waals surface area (Å²) in [5.41, 5.74) is 1.67. The van der Waals surface area contributed by atoms with Crippen LogP contribution in [0.2, 0.25) is 0 Å². The summed E-state index contributed by atoms with van der Waals surface area (Å²) in [5.74, 6) is -0.216. The van der Waals surface area contributed by atoms with E-state index in [0.29, 0.717) is 17.4 Å². The van der Waals surface area contributed by atoms with Gasteiger partial charge in [0.25, 0.3) is 10.0 Å². The van der Waals surface area contributed by atoms with Crippen LogP contribution in [0.15, 0.2) is 65.0 Å². The van der Waals surface area contributed by atoms with Gasteiger partial charge >= 0.3 is 0 Å². The number of halogens is 1. The molecule has 0 unspecified atom stereocenters. The molecule has 1 amide bonds. The van der Waals surface area contributed by atoms with Crippen molar-refractivity contribution in [1.29, 1.82) is 0 Å². The number of anilines is 3. The van der Waals surface area contributed by atoms with Crippen LogP contribution in [0.25, 0.3) is 0 Å². The minimum Gasteiger partial charge on any atom is -0.369 e. The van der Waals surface area contributed by atoms with Crippen molar-refractivity contribution in [3.05, 3.63) is 65.9 Å². The van der Waals surface area contributed by atoms with E-state index < -0.39 is 10.0 Å². The Morgan fingerprint density at radius 2 is 1.65 bits per heavy atom. The Bertz CT molecular complexity index is 1250. The van der Waals surface area contributed by atoms with Crippen LogP contribution in [0, 0.1) is 5.82 Å². The molecule has 2 fully saturated rings. The maximum absolute atomic E-state index is 13.2. The number of nitrogens with one attached hydrogen (secondary N) is 1. The standard InChI is InChI=1S/C23H24FN5O3S2.2H2/c24-17-1-3-18(4-2-17)27-12-14-28(15-13-27)21-9-11-29(22(21)30)19-5-7-20(8-6-19)34(31,32)26-23-25-10-16-33-23;;/h1-8,10,16,21H,9,11-15H2,(H,25,26);2*1H/t21-;;/m0../s1. The van der Waals surface area contributed by atoms with Crippen molar-refractivity contribution in [2.45, 2.75) is 17.4 Å². The fourth-order valence-electron chi connectivity index (χ4n) is 4.46. The first-order chi connectivity index (χ1) is 16.4. The fraction of sp³-hybridized carbons (Fsp3) is 0.304. The highest BCUT2D eigenvalue weighted by Crippen LogP contribution is 2.28. The molecule has 2 aromatic carbocycles. The third kappa shape index (κ3) is 4.63. The summed E-state index contributed by atoms with van der Waals surface area (Å²) in [4.78, 5) is 23.4. The van der Waals surface area contributed by atoms with Crippen LogP contribution in [0.1, 0.15) is 9.27 Å². The van der Waals surface area contributed by atoms with Crippen molar-refractivity contribution >= 4 is 43.8 Å². The average molecular weight is 506 g/mol. The zero-order valence-corrected chi connectivity index (χ0v) is 19.9. The molecule has 8 nitrogen and oxygen atoms in total. The van der Waals surface area contributed by atoms with Crippen LogP contribution in [0.3, 0.4) is 0 Å². The van der Waals surface area contributed by atoms with Crippen molar-refractivity contribution < 1.29 is 20.5 Å². The summed E-state index contributed by atoms with van der Waals surface area (Å²) in [6.07, 6.45) is 2.25. The Morgan fingerprint density at radius 3 is 2.29 bits per heavy atom. The van der Waals surface area contributed by atoms with Crippen molar-refractivity contribution in [3.8, 4) is 0 Å². The molecule has 3 heterocycles. The predicted molar refractivity (Wildman–Crippen MR) is 135 cm³/mol. The quantitative estimate of drug-likeness (QED) is 0.552. The first-order valence-electron chi connectivity index (χ1n) is 11.0. The normalized spacial score (nSPS) is 19.6. The molecule has 0 saturated carbocycles. The molecule has 2 aliphatic rings. The molecule has 0 radical (unpaired) electrons. The number of carbonyl (C=O) groups is 1. The monoisotopic (exact) mass is 505 g/mol. The molecule has 0 spiro atoms. The van der Waals surface area contributed by atoms with E-state index in [0.717, 1.165) is 38.3 Å². The van der Waals surface area contributed by atoms with E-state index in [9.17, 15) is 17.6 Å². The molecule has 1 atom stereocenters. The molecule has 34 heavy (non-hydrogen) atoms. The molecule has 11 heteroatoms. The SMILES string of the molecule is O=C1[C@@H](N2CCN(c3ccc(F)cc3)CC2)CCN1c1ccc(S(=O)(=O)Nc2nccs2)cc1.[HH].[HH]. The van der Waals surface area contributed by atoms with Crippen molar-refractivity contribution in [1.82, 2.24) is 9.88 Å². The number of carbonyl (C=O) groups excluding carboxylic acids is 1. The lowest BCUT2D eigenvalue weighted by Gasteiger charge is -2.38. The summed E-state index contributed by atoms with van der Waals surface area (Å²) < 4.78 is 40.7. The highest BCUT2D eigenvalue weighted by atomic mass is 32.2.